The Morgan fingerprint density at radius 2 is 1.00 bits per heavy atom. The third kappa shape index (κ3) is 3.99. The van der Waals surface area contributed by atoms with Crippen molar-refractivity contribution >= 4 is 38.6 Å². The quantitative estimate of drug-likeness (QED) is 0.187. The molecule has 1 spiro atoms. The summed E-state index contributed by atoms with van der Waals surface area (Å²) in [5.41, 5.74) is 12.5. The molecule has 4 bridgehead atoms. The highest BCUT2D eigenvalue weighted by molar-refractivity contribution is 5.97. The zero-order chi connectivity index (χ0) is 32.1. The van der Waals surface area contributed by atoms with E-state index >= 15 is 0 Å². The van der Waals surface area contributed by atoms with Gasteiger partial charge in [0, 0.05) is 22.5 Å². The maximum Gasteiger partial charge on any atom is 0.0468 e. The lowest BCUT2D eigenvalue weighted by Crippen LogP contribution is -2.55. The van der Waals surface area contributed by atoms with Crippen molar-refractivity contribution in [2.24, 2.45) is 23.7 Å². The molecule has 0 radical (unpaired) electrons. The maximum absolute atomic E-state index is 2.62. The molecule has 5 aliphatic rings. The molecule has 4 saturated carbocycles. The van der Waals surface area contributed by atoms with Crippen molar-refractivity contribution in [1.29, 1.82) is 0 Å². The molecule has 1 heteroatoms. The highest BCUT2D eigenvalue weighted by atomic mass is 15.1. The van der Waals surface area contributed by atoms with Crippen molar-refractivity contribution in [2.75, 3.05) is 4.90 Å². The molecule has 1 nitrogen and oxygen atoms in total. The fraction of sp³-hybridized carbons (Fsp3) is 0.208. The van der Waals surface area contributed by atoms with Gasteiger partial charge in [0.2, 0.25) is 0 Å². The van der Waals surface area contributed by atoms with E-state index in [1.165, 1.54) is 93.0 Å². The van der Waals surface area contributed by atoms with E-state index in [9.17, 15) is 0 Å². The highest BCUT2D eigenvalue weighted by Crippen LogP contribution is 2.69. The highest BCUT2D eigenvalue weighted by Gasteiger charge is 2.61. The predicted molar refractivity (Wildman–Crippen MR) is 205 cm³/mol. The van der Waals surface area contributed by atoms with E-state index in [-0.39, 0.29) is 5.41 Å². The first-order valence-corrected chi connectivity index (χ1v) is 18.4. The van der Waals surface area contributed by atoms with Crippen LogP contribution in [-0.2, 0) is 5.41 Å². The lowest BCUT2D eigenvalue weighted by Gasteiger charge is -2.61. The van der Waals surface area contributed by atoms with Gasteiger partial charge in [-0.1, -0.05) is 115 Å². The molecule has 0 heterocycles. The second kappa shape index (κ2) is 10.4. The summed E-state index contributed by atoms with van der Waals surface area (Å²) in [6.07, 6.45) is 7.07. The number of anilines is 3. The lowest BCUT2D eigenvalue weighted by molar-refractivity contribution is -0.0399. The zero-order valence-corrected chi connectivity index (χ0v) is 27.7. The summed E-state index contributed by atoms with van der Waals surface area (Å²) in [4.78, 5) is 2.51. The molecule has 0 atom stereocenters. The van der Waals surface area contributed by atoms with Crippen molar-refractivity contribution in [2.45, 2.75) is 37.5 Å². The molecule has 49 heavy (non-hydrogen) atoms. The van der Waals surface area contributed by atoms with Gasteiger partial charge in [0.15, 0.2) is 0 Å². The minimum Gasteiger partial charge on any atom is -0.310 e. The van der Waals surface area contributed by atoms with E-state index < -0.39 is 0 Å². The van der Waals surface area contributed by atoms with Crippen molar-refractivity contribution in [3.05, 3.63) is 163 Å². The molecule has 7 aromatic carbocycles. The van der Waals surface area contributed by atoms with Gasteiger partial charge in [0.05, 0.1) is 0 Å². The van der Waals surface area contributed by atoms with Gasteiger partial charge in [-0.3, -0.25) is 0 Å². The Bertz CT molecular complexity index is 2380. The van der Waals surface area contributed by atoms with Crippen molar-refractivity contribution in [1.82, 2.24) is 0 Å². The monoisotopic (exact) mass is 629 g/mol. The fourth-order valence-corrected chi connectivity index (χ4v) is 11.3. The summed E-state index contributed by atoms with van der Waals surface area (Å²) in [5.74, 6) is 3.36. The lowest BCUT2D eigenvalue weighted by atomic mass is 9.43. The summed E-state index contributed by atoms with van der Waals surface area (Å²) >= 11 is 0. The summed E-state index contributed by atoms with van der Waals surface area (Å²) in [6.45, 7) is 0. The Morgan fingerprint density at radius 1 is 0.408 bits per heavy atom. The molecule has 5 aliphatic carbocycles. The summed E-state index contributed by atoms with van der Waals surface area (Å²) in [7, 11) is 0. The molecular weight excluding hydrogens is 591 g/mol. The molecule has 0 saturated heterocycles. The van der Waals surface area contributed by atoms with Gasteiger partial charge in [0.25, 0.3) is 0 Å². The van der Waals surface area contributed by atoms with Crippen molar-refractivity contribution in [3.63, 3.8) is 0 Å². The van der Waals surface area contributed by atoms with Crippen LogP contribution < -0.4 is 4.90 Å². The van der Waals surface area contributed by atoms with Gasteiger partial charge >= 0.3 is 0 Å². The molecule has 0 aromatic heterocycles. The van der Waals surface area contributed by atoms with E-state index in [4.69, 9.17) is 0 Å². The molecule has 4 fully saturated rings. The van der Waals surface area contributed by atoms with E-state index in [1.807, 2.05) is 0 Å². The summed E-state index contributed by atoms with van der Waals surface area (Å²) in [6, 6.07) is 57.2. The Labute approximate surface area is 288 Å². The van der Waals surface area contributed by atoms with Gasteiger partial charge in [-0.25, -0.2) is 0 Å². The second-order valence-corrected chi connectivity index (χ2v) is 15.4. The number of fused-ring (bicyclic) bond motifs is 5. The molecular formula is C48H39N. The third-order valence-electron chi connectivity index (χ3n) is 13.0. The Balaban J connectivity index is 1.09. The van der Waals surface area contributed by atoms with Crippen LogP contribution in [0, 0.1) is 23.7 Å². The van der Waals surface area contributed by atoms with Crippen LogP contribution in [0.4, 0.5) is 17.1 Å². The fourth-order valence-electron chi connectivity index (χ4n) is 11.3. The molecule has 0 N–H and O–H groups in total. The van der Waals surface area contributed by atoms with Crippen molar-refractivity contribution < 1.29 is 0 Å². The first-order chi connectivity index (χ1) is 24.2. The number of hydrogen-bond acceptors (Lipinski definition) is 1. The predicted octanol–water partition coefficient (Wildman–Crippen LogP) is 12.9. The first kappa shape index (κ1) is 27.8. The Morgan fingerprint density at radius 3 is 1.82 bits per heavy atom. The standard InChI is InChI=1S/C48H39N/c1-2-10-36-29-40(21-16-33(36)8-1)49(39-19-17-35(18-20-39)43-14-7-11-34-9-3-4-12-42(34)43)41-22-23-45-44-13-5-6-15-46(44)48(47(45)30-41)37-25-31-24-32(27-37)28-38(48)26-31/h1-23,29-32,37-38H,24-28H2. The van der Waals surface area contributed by atoms with Crippen LogP contribution in [0.25, 0.3) is 43.8 Å². The minimum absolute atomic E-state index is 0.142. The topological polar surface area (TPSA) is 3.24 Å². The Hall–Kier alpha value is -5.14. The normalized spacial score (nSPS) is 24.4. The van der Waals surface area contributed by atoms with Crippen LogP contribution in [0.2, 0.25) is 0 Å². The number of nitrogens with zero attached hydrogens (tertiary/aromatic N) is 1. The van der Waals surface area contributed by atoms with Gasteiger partial charge in [-0.05, 0) is 147 Å². The van der Waals surface area contributed by atoms with Crippen LogP contribution >= 0.6 is 0 Å². The Kier molecular flexibility index (Phi) is 5.91. The minimum atomic E-state index is 0.142. The SMILES string of the molecule is c1ccc2c(c1)-c1ccc(N(c3ccc(-c4cccc5ccccc45)cc3)c3ccc4ccccc4c3)cc1C21C2CC3CC(C2)CC1C3. The van der Waals surface area contributed by atoms with Crippen LogP contribution in [0.3, 0.4) is 0 Å². The number of benzene rings is 7. The average molecular weight is 630 g/mol. The largest absolute Gasteiger partial charge is 0.310 e. The molecule has 7 aromatic rings. The molecule has 236 valence electrons. The van der Waals surface area contributed by atoms with Crippen LogP contribution in [0.15, 0.2) is 152 Å². The zero-order valence-electron chi connectivity index (χ0n) is 27.7. The van der Waals surface area contributed by atoms with Gasteiger partial charge < -0.3 is 4.90 Å². The van der Waals surface area contributed by atoms with E-state index in [1.54, 1.807) is 11.1 Å². The molecule has 0 unspecified atom stereocenters. The molecule has 12 rings (SSSR count). The second-order valence-electron chi connectivity index (χ2n) is 15.4. The summed E-state index contributed by atoms with van der Waals surface area (Å²) < 4.78 is 0. The van der Waals surface area contributed by atoms with Crippen LogP contribution in [0.1, 0.15) is 43.2 Å². The van der Waals surface area contributed by atoms with Crippen LogP contribution in [0.5, 0.6) is 0 Å². The average Bonchev–Trinajstić information content (AvgIpc) is 3.44. The maximum atomic E-state index is 2.62. The molecule has 0 amide bonds. The number of hydrogen-bond donors (Lipinski definition) is 0. The summed E-state index contributed by atoms with van der Waals surface area (Å²) in [5, 5.41) is 5.11. The van der Waals surface area contributed by atoms with Gasteiger partial charge in [0.1, 0.15) is 0 Å². The van der Waals surface area contributed by atoms with Crippen LogP contribution in [-0.4, -0.2) is 0 Å². The number of rotatable bonds is 4. The molecule has 0 aliphatic heterocycles. The van der Waals surface area contributed by atoms with E-state index in [2.05, 4.69) is 157 Å². The van der Waals surface area contributed by atoms with Gasteiger partial charge in [-0.15, -0.1) is 0 Å². The smallest absolute Gasteiger partial charge is 0.0468 e. The van der Waals surface area contributed by atoms with Crippen molar-refractivity contribution in [3.8, 4) is 22.3 Å². The van der Waals surface area contributed by atoms with Gasteiger partial charge in [-0.2, -0.15) is 0 Å². The third-order valence-corrected chi connectivity index (χ3v) is 13.0. The first-order valence-electron chi connectivity index (χ1n) is 18.4. The van der Waals surface area contributed by atoms with E-state index in [0.717, 1.165) is 23.7 Å². The van der Waals surface area contributed by atoms with E-state index in [0.29, 0.717) is 0 Å².